The van der Waals surface area contributed by atoms with E-state index in [1.807, 2.05) is 0 Å². The molecule has 0 aliphatic rings. The zero-order valence-electron chi connectivity index (χ0n) is 8.51. The van der Waals surface area contributed by atoms with E-state index in [4.69, 9.17) is 11.5 Å². The van der Waals surface area contributed by atoms with Gasteiger partial charge in [0.05, 0.1) is 5.56 Å². The van der Waals surface area contributed by atoms with Crippen LogP contribution in [0.3, 0.4) is 0 Å². The fraction of sp³-hybridized carbons (Fsp3) is 0. The van der Waals surface area contributed by atoms with E-state index in [2.05, 4.69) is 0 Å². The highest BCUT2D eigenvalue weighted by Gasteiger charge is 2.12. The lowest BCUT2D eigenvalue weighted by Crippen LogP contribution is -1.91. The fourth-order valence-corrected chi connectivity index (χ4v) is 1.61. The van der Waals surface area contributed by atoms with Crippen LogP contribution < -0.4 is 11.5 Å². The van der Waals surface area contributed by atoms with Gasteiger partial charge in [-0.25, -0.2) is 0 Å². The molecular weight excluding hydrogens is 204 g/mol. The molecule has 4 heteroatoms. The van der Waals surface area contributed by atoms with Gasteiger partial charge >= 0.3 is 0 Å². The number of nitrogen functional groups attached to an aromatic ring is 2. The van der Waals surface area contributed by atoms with Crippen molar-refractivity contribution >= 4 is 11.4 Å². The third kappa shape index (κ3) is 1.61. The van der Waals surface area contributed by atoms with Crippen LogP contribution in [0.4, 0.5) is 11.4 Å². The van der Waals surface area contributed by atoms with Gasteiger partial charge in [0.2, 0.25) is 0 Å². The molecule has 2 rings (SSSR count). The SMILES string of the molecule is Nc1ccc(-c2c(N)cccc2O)c(O)c1. The number of hydrogen-bond donors (Lipinski definition) is 4. The lowest BCUT2D eigenvalue weighted by atomic mass is 10.0. The first-order valence-corrected chi connectivity index (χ1v) is 4.76. The van der Waals surface area contributed by atoms with Crippen molar-refractivity contribution in [2.75, 3.05) is 11.5 Å². The number of hydrogen-bond acceptors (Lipinski definition) is 4. The normalized spacial score (nSPS) is 10.2. The lowest BCUT2D eigenvalue weighted by Gasteiger charge is -2.10. The van der Waals surface area contributed by atoms with Crippen molar-refractivity contribution in [2.45, 2.75) is 0 Å². The van der Waals surface area contributed by atoms with Gasteiger partial charge in [0.15, 0.2) is 0 Å². The number of phenols is 2. The van der Waals surface area contributed by atoms with Crippen LogP contribution in [0.5, 0.6) is 11.5 Å². The Labute approximate surface area is 92.8 Å². The van der Waals surface area contributed by atoms with Gasteiger partial charge in [-0.15, -0.1) is 0 Å². The first-order chi connectivity index (χ1) is 7.59. The second-order valence-electron chi connectivity index (χ2n) is 3.52. The fourth-order valence-electron chi connectivity index (χ4n) is 1.61. The van der Waals surface area contributed by atoms with Crippen LogP contribution in [0.25, 0.3) is 11.1 Å². The van der Waals surface area contributed by atoms with E-state index in [-0.39, 0.29) is 11.5 Å². The summed E-state index contributed by atoms with van der Waals surface area (Å²) < 4.78 is 0. The van der Waals surface area contributed by atoms with Crippen molar-refractivity contribution in [3.63, 3.8) is 0 Å². The highest BCUT2D eigenvalue weighted by Crippen LogP contribution is 2.39. The Kier molecular flexibility index (Phi) is 2.32. The Morgan fingerprint density at radius 1 is 0.875 bits per heavy atom. The number of rotatable bonds is 1. The van der Waals surface area contributed by atoms with Crippen LogP contribution in [0.15, 0.2) is 36.4 Å². The molecule has 0 radical (unpaired) electrons. The summed E-state index contributed by atoms with van der Waals surface area (Å²) in [5.74, 6) is 0.0215. The van der Waals surface area contributed by atoms with Crippen LogP contribution in [-0.4, -0.2) is 10.2 Å². The molecule has 2 aromatic carbocycles. The van der Waals surface area contributed by atoms with Crippen molar-refractivity contribution in [2.24, 2.45) is 0 Å². The maximum absolute atomic E-state index is 9.75. The third-order valence-corrected chi connectivity index (χ3v) is 2.37. The zero-order chi connectivity index (χ0) is 11.7. The van der Waals surface area contributed by atoms with E-state index in [1.54, 1.807) is 24.3 Å². The van der Waals surface area contributed by atoms with Crippen molar-refractivity contribution in [3.05, 3.63) is 36.4 Å². The summed E-state index contributed by atoms with van der Waals surface area (Å²) in [6.07, 6.45) is 0. The minimum atomic E-state index is -0.00630. The minimum absolute atomic E-state index is 0.00630. The van der Waals surface area contributed by atoms with E-state index in [0.29, 0.717) is 22.5 Å². The minimum Gasteiger partial charge on any atom is -0.507 e. The lowest BCUT2D eigenvalue weighted by molar-refractivity contribution is 0.469. The predicted molar refractivity (Wildman–Crippen MR) is 64.0 cm³/mol. The van der Waals surface area contributed by atoms with E-state index in [1.165, 1.54) is 12.1 Å². The van der Waals surface area contributed by atoms with Crippen LogP contribution in [0, 0.1) is 0 Å². The van der Waals surface area contributed by atoms with Crippen molar-refractivity contribution in [3.8, 4) is 22.6 Å². The number of aromatic hydroxyl groups is 2. The molecule has 2 aromatic rings. The summed E-state index contributed by atoms with van der Waals surface area (Å²) in [7, 11) is 0. The molecule has 16 heavy (non-hydrogen) atoms. The van der Waals surface area contributed by atoms with E-state index in [9.17, 15) is 10.2 Å². The Morgan fingerprint density at radius 2 is 1.62 bits per heavy atom. The van der Waals surface area contributed by atoms with Crippen LogP contribution in [0.2, 0.25) is 0 Å². The monoisotopic (exact) mass is 216 g/mol. The molecule has 0 spiro atoms. The summed E-state index contributed by atoms with van der Waals surface area (Å²) in [5, 5.41) is 19.5. The number of phenolic OH excluding ortho intramolecular Hbond substituents is 2. The molecule has 0 unspecified atom stereocenters. The Bertz CT molecular complexity index is 518. The molecule has 4 nitrogen and oxygen atoms in total. The molecule has 0 fully saturated rings. The molecule has 6 N–H and O–H groups in total. The highest BCUT2D eigenvalue weighted by molar-refractivity contribution is 5.85. The molecule has 0 aliphatic carbocycles. The average Bonchev–Trinajstić information content (AvgIpc) is 2.20. The molecule has 0 saturated heterocycles. The number of benzene rings is 2. The smallest absolute Gasteiger partial charge is 0.125 e. The maximum Gasteiger partial charge on any atom is 0.125 e. The van der Waals surface area contributed by atoms with Gasteiger partial charge in [-0.2, -0.15) is 0 Å². The van der Waals surface area contributed by atoms with Gasteiger partial charge < -0.3 is 21.7 Å². The van der Waals surface area contributed by atoms with Crippen molar-refractivity contribution < 1.29 is 10.2 Å². The number of anilines is 2. The van der Waals surface area contributed by atoms with E-state index >= 15 is 0 Å². The average molecular weight is 216 g/mol. The third-order valence-electron chi connectivity index (χ3n) is 2.37. The van der Waals surface area contributed by atoms with E-state index < -0.39 is 0 Å². The molecule has 0 aliphatic heterocycles. The molecular formula is C12H12N2O2. The van der Waals surface area contributed by atoms with Gasteiger partial charge in [0.1, 0.15) is 11.5 Å². The molecule has 0 atom stereocenters. The highest BCUT2D eigenvalue weighted by atomic mass is 16.3. The largest absolute Gasteiger partial charge is 0.507 e. The maximum atomic E-state index is 9.75. The van der Waals surface area contributed by atoms with Crippen molar-refractivity contribution in [1.29, 1.82) is 0 Å². The van der Waals surface area contributed by atoms with Crippen molar-refractivity contribution in [1.82, 2.24) is 0 Å². The summed E-state index contributed by atoms with van der Waals surface area (Å²) in [5.41, 5.74) is 13.0. The van der Waals surface area contributed by atoms with Crippen LogP contribution in [-0.2, 0) is 0 Å². The van der Waals surface area contributed by atoms with E-state index in [0.717, 1.165) is 0 Å². The molecule has 82 valence electrons. The topological polar surface area (TPSA) is 92.5 Å². The predicted octanol–water partition coefficient (Wildman–Crippen LogP) is 1.93. The summed E-state index contributed by atoms with van der Waals surface area (Å²) >= 11 is 0. The second-order valence-corrected chi connectivity index (χ2v) is 3.52. The second kappa shape index (κ2) is 3.66. The van der Waals surface area contributed by atoms with Gasteiger partial charge in [-0.3, -0.25) is 0 Å². The summed E-state index contributed by atoms with van der Waals surface area (Å²) in [6, 6.07) is 9.49. The first kappa shape index (κ1) is 10.2. The molecule has 0 saturated carbocycles. The Balaban J connectivity index is 2.68. The molecule has 0 amide bonds. The Morgan fingerprint density at radius 3 is 2.25 bits per heavy atom. The molecule has 0 aromatic heterocycles. The zero-order valence-corrected chi connectivity index (χ0v) is 8.51. The molecule has 0 heterocycles. The number of nitrogens with two attached hydrogens (primary N) is 2. The van der Waals surface area contributed by atoms with Gasteiger partial charge in [-0.05, 0) is 24.3 Å². The van der Waals surface area contributed by atoms with Gasteiger partial charge in [0.25, 0.3) is 0 Å². The Hall–Kier alpha value is -2.36. The standard InChI is InChI=1S/C12H12N2O2/c13-7-4-5-8(11(16)6-7)12-9(14)2-1-3-10(12)15/h1-6,15-16H,13-14H2. The quantitative estimate of drug-likeness (QED) is 0.548. The summed E-state index contributed by atoms with van der Waals surface area (Å²) in [6.45, 7) is 0. The molecule has 0 bridgehead atoms. The van der Waals surface area contributed by atoms with Gasteiger partial charge in [0, 0.05) is 23.0 Å². The van der Waals surface area contributed by atoms with Crippen LogP contribution >= 0.6 is 0 Å². The van der Waals surface area contributed by atoms with Gasteiger partial charge in [-0.1, -0.05) is 6.07 Å². The van der Waals surface area contributed by atoms with Crippen LogP contribution in [0.1, 0.15) is 0 Å². The summed E-state index contributed by atoms with van der Waals surface area (Å²) in [4.78, 5) is 0. The first-order valence-electron chi connectivity index (χ1n) is 4.76.